The van der Waals surface area contributed by atoms with E-state index in [2.05, 4.69) is 10.5 Å². The van der Waals surface area contributed by atoms with Crippen LogP contribution in [0.3, 0.4) is 0 Å². The van der Waals surface area contributed by atoms with Gasteiger partial charge in [0.05, 0.1) is 0 Å². The molecule has 3 nitrogen and oxygen atoms in total. The first kappa shape index (κ1) is 14.8. The van der Waals surface area contributed by atoms with Gasteiger partial charge >= 0.3 is 0 Å². The molecule has 4 heteroatoms. The Kier molecular flexibility index (Phi) is 5.68. The van der Waals surface area contributed by atoms with Crippen molar-refractivity contribution in [3.8, 4) is 0 Å². The molecule has 0 aromatic rings. The maximum Gasteiger partial charge on any atom is 0.243 e. The van der Waals surface area contributed by atoms with Crippen molar-refractivity contribution in [3.05, 3.63) is 0 Å². The molecule has 0 atom stereocenters. The van der Waals surface area contributed by atoms with Gasteiger partial charge < -0.3 is 0 Å². The number of hydrazone groups is 1. The molecule has 108 valence electrons. The monoisotopic (exact) mass is 284 g/mol. The molecule has 1 N–H and O–H groups in total. The van der Waals surface area contributed by atoms with Crippen molar-refractivity contribution >= 4 is 23.2 Å². The van der Waals surface area contributed by atoms with Crippen molar-refractivity contribution in [2.45, 2.75) is 70.1 Å². The highest BCUT2D eigenvalue weighted by molar-refractivity contribution is 6.20. The normalized spacial score (nSPS) is 30.1. The number of carbonyl (C=O) groups excluding carboxylic acids is 1. The lowest BCUT2D eigenvalue weighted by molar-refractivity contribution is -0.125. The van der Waals surface area contributed by atoms with Crippen LogP contribution in [0.4, 0.5) is 0 Å². The summed E-state index contributed by atoms with van der Waals surface area (Å²) >= 11 is 6.11. The van der Waals surface area contributed by atoms with Crippen LogP contribution in [0, 0.1) is 11.8 Å². The Morgan fingerprint density at radius 2 is 1.63 bits per heavy atom. The number of rotatable bonds is 3. The second kappa shape index (κ2) is 7.28. The highest BCUT2D eigenvalue weighted by atomic mass is 35.5. The number of alkyl halides is 1. The van der Waals surface area contributed by atoms with Crippen molar-refractivity contribution in [1.29, 1.82) is 0 Å². The number of hydrogen-bond donors (Lipinski definition) is 1. The summed E-state index contributed by atoms with van der Waals surface area (Å²) in [4.78, 5) is 12.0. The minimum atomic E-state index is 0.116. The summed E-state index contributed by atoms with van der Waals surface area (Å²) in [6.45, 7) is 2.03. The smallest absolute Gasteiger partial charge is 0.243 e. The zero-order valence-corrected chi connectivity index (χ0v) is 12.6. The number of hydrogen-bond acceptors (Lipinski definition) is 2. The molecule has 0 bridgehead atoms. The largest absolute Gasteiger partial charge is 0.273 e. The van der Waals surface area contributed by atoms with Crippen molar-refractivity contribution in [2.24, 2.45) is 16.9 Å². The minimum Gasteiger partial charge on any atom is -0.273 e. The number of nitrogens with zero attached hydrogens (tertiary/aromatic N) is 1. The van der Waals surface area contributed by atoms with Gasteiger partial charge in [-0.25, -0.2) is 5.43 Å². The zero-order valence-electron chi connectivity index (χ0n) is 11.8. The molecule has 0 unspecified atom stereocenters. The highest BCUT2D eigenvalue weighted by Gasteiger charge is 2.23. The average molecular weight is 285 g/mol. The van der Waals surface area contributed by atoms with Crippen LogP contribution in [0.1, 0.15) is 64.7 Å². The average Bonchev–Trinajstić information content (AvgIpc) is 2.46. The third-order valence-corrected chi connectivity index (χ3v) is 5.00. The highest BCUT2D eigenvalue weighted by Crippen LogP contribution is 2.28. The standard InChI is InChI=1S/C15H25ClN2O/c1-11(12-7-9-14(16)10-8-12)17-18-15(19)13-5-3-2-4-6-13/h12-14H,2-10H2,1H3,(H,18,19)/b17-11+. The van der Waals surface area contributed by atoms with E-state index in [1.807, 2.05) is 6.92 Å². The van der Waals surface area contributed by atoms with E-state index in [1.54, 1.807) is 0 Å². The van der Waals surface area contributed by atoms with Gasteiger partial charge in [-0.1, -0.05) is 19.3 Å². The Hall–Kier alpha value is -0.570. The number of halogens is 1. The third kappa shape index (κ3) is 4.48. The van der Waals surface area contributed by atoms with Crippen molar-refractivity contribution in [3.63, 3.8) is 0 Å². The predicted octanol–water partition coefficient (Wildman–Crippen LogP) is 3.86. The quantitative estimate of drug-likeness (QED) is 0.477. The topological polar surface area (TPSA) is 41.5 Å². The summed E-state index contributed by atoms with van der Waals surface area (Å²) in [5.41, 5.74) is 3.84. The van der Waals surface area contributed by atoms with Crippen molar-refractivity contribution in [1.82, 2.24) is 5.43 Å². The molecule has 0 aliphatic heterocycles. The summed E-state index contributed by atoms with van der Waals surface area (Å²) in [7, 11) is 0. The molecule has 2 aliphatic rings. The Morgan fingerprint density at radius 3 is 2.26 bits per heavy atom. The Labute approximate surface area is 121 Å². The number of carbonyl (C=O) groups is 1. The van der Waals surface area contributed by atoms with Crippen LogP contribution in [0.15, 0.2) is 5.10 Å². The maximum atomic E-state index is 12.0. The first-order chi connectivity index (χ1) is 9.16. The van der Waals surface area contributed by atoms with E-state index in [4.69, 9.17) is 11.6 Å². The molecular formula is C15H25ClN2O. The minimum absolute atomic E-state index is 0.116. The van der Waals surface area contributed by atoms with Gasteiger partial charge in [0.25, 0.3) is 0 Å². The molecule has 2 fully saturated rings. The van der Waals surface area contributed by atoms with E-state index in [0.717, 1.165) is 44.2 Å². The van der Waals surface area contributed by atoms with Gasteiger partial charge in [-0.2, -0.15) is 5.10 Å². The summed E-state index contributed by atoms with van der Waals surface area (Å²) in [6, 6.07) is 0. The SMILES string of the molecule is C/C(=N\NC(=O)C1CCCCC1)C1CCC(Cl)CC1. The lowest BCUT2D eigenvalue weighted by Crippen LogP contribution is -2.30. The van der Waals surface area contributed by atoms with E-state index in [-0.39, 0.29) is 11.8 Å². The Balaban J connectivity index is 1.78. The van der Waals surface area contributed by atoms with Crippen molar-refractivity contribution in [2.75, 3.05) is 0 Å². The molecule has 0 radical (unpaired) electrons. The molecule has 2 rings (SSSR count). The Morgan fingerprint density at radius 1 is 1.00 bits per heavy atom. The summed E-state index contributed by atoms with van der Waals surface area (Å²) < 4.78 is 0. The second-order valence-corrected chi connectivity index (χ2v) is 6.63. The van der Waals surface area contributed by atoms with E-state index < -0.39 is 0 Å². The molecule has 0 aromatic heterocycles. The predicted molar refractivity (Wildman–Crippen MR) is 79.4 cm³/mol. The van der Waals surface area contributed by atoms with Gasteiger partial charge in [-0.3, -0.25) is 4.79 Å². The molecule has 0 heterocycles. The van der Waals surface area contributed by atoms with E-state index >= 15 is 0 Å². The molecule has 0 aromatic carbocycles. The lowest BCUT2D eigenvalue weighted by atomic mass is 9.86. The van der Waals surface area contributed by atoms with Crippen LogP contribution in [0.25, 0.3) is 0 Å². The molecule has 0 spiro atoms. The summed E-state index contributed by atoms with van der Waals surface area (Å²) in [5, 5.41) is 4.66. The fourth-order valence-electron chi connectivity index (χ4n) is 3.16. The second-order valence-electron chi connectivity index (χ2n) is 6.01. The van der Waals surface area contributed by atoms with Crippen LogP contribution in [0.5, 0.6) is 0 Å². The fraction of sp³-hybridized carbons (Fsp3) is 0.867. The number of nitrogens with one attached hydrogen (secondary N) is 1. The summed E-state index contributed by atoms with van der Waals surface area (Å²) in [5.74, 6) is 0.801. The van der Waals surface area contributed by atoms with Gasteiger partial charge in [0.1, 0.15) is 0 Å². The molecule has 2 aliphatic carbocycles. The van der Waals surface area contributed by atoms with Gasteiger partial charge in [0.15, 0.2) is 0 Å². The molecule has 0 saturated heterocycles. The zero-order chi connectivity index (χ0) is 13.7. The number of amides is 1. The summed E-state index contributed by atoms with van der Waals surface area (Å²) in [6.07, 6.45) is 10.0. The van der Waals surface area contributed by atoms with Gasteiger partial charge in [0.2, 0.25) is 5.91 Å². The molecule has 1 amide bonds. The van der Waals surface area contributed by atoms with Crippen LogP contribution in [0.2, 0.25) is 0 Å². The molecule has 19 heavy (non-hydrogen) atoms. The van der Waals surface area contributed by atoms with Gasteiger partial charge in [-0.05, 0) is 51.4 Å². The lowest BCUT2D eigenvalue weighted by Gasteiger charge is -2.25. The molecule has 2 saturated carbocycles. The van der Waals surface area contributed by atoms with Crippen LogP contribution in [-0.4, -0.2) is 17.0 Å². The van der Waals surface area contributed by atoms with Gasteiger partial charge in [-0.15, -0.1) is 11.6 Å². The fourth-order valence-corrected chi connectivity index (χ4v) is 3.41. The Bertz CT molecular complexity index is 329. The first-order valence-electron chi connectivity index (χ1n) is 7.65. The third-order valence-electron chi connectivity index (χ3n) is 4.57. The van der Waals surface area contributed by atoms with Crippen LogP contribution >= 0.6 is 11.6 Å². The van der Waals surface area contributed by atoms with E-state index in [1.165, 1.54) is 19.3 Å². The maximum absolute atomic E-state index is 12.0. The van der Waals surface area contributed by atoms with Crippen molar-refractivity contribution < 1.29 is 4.79 Å². The van der Waals surface area contributed by atoms with E-state index in [9.17, 15) is 4.79 Å². The van der Waals surface area contributed by atoms with E-state index in [0.29, 0.717) is 11.3 Å². The van der Waals surface area contributed by atoms with Gasteiger partial charge in [0, 0.05) is 17.0 Å². The first-order valence-corrected chi connectivity index (χ1v) is 8.08. The molecular weight excluding hydrogens is 260 g/mol. The van der Waals surface area contributed by atoms with Crippen LogP contribution in [-0.2, 0) is 4.79 Å². The van der Waals surface area contributed by atoms with Crippen LogP contribution < -0.4 is 5.43 Å².